The molecule has 1 fully saturated rings. The fourth-order valence-electron chi connectivity index (χ4n) is 2.79. The van der Waals surface area contributed by atoms with Crippen LogP contribution in [0, 0.1) is 5.41 Å². The maximum atomic E-state index is 12.9. The third kappa shape index (κ3) is 5.23. The molecule has 1 aromatic rings. The molecule has 0 aliphatic carbocycles. The van der Waals surface area contributed by atoms with E-state index in [9.17, 15) is 18.0 Å². The normalized spacial score (nSPS) is 22.4. The molecule has 1 heterocycles. The molecule has 0 aromatic heterocycles. The molecule has 0 spiro atoms. The Morgan fingerprint density at radius 3 is 2.64 bits per heavy atom. The van der Waals surface area contributed by atoms with E-state index >= 15 is 0 Å². The van der Waals surface area contributed by atoms with Crippen LogP contribution >= 0.6 is 24.0 Å². The van der Waals surface area contributed by atoms with Crippen LogP contribution in [0.1, 0.15) is 25.8 Å². The van der Waals surface area contributed by atoms with Gasteiger partial charge in [0.15, 0.2) is 0 Å². The number of nitrogens with zero attached hydrogens (tertiary/aromatic N) is 1. The number of amides is 1. The monoisotopic (exact) mass is 399 g/mol. The molecule has 1 saturated heterocycles. The molecule has 0 bridgehead atoms. The van der Waals surface area contributed by atoms with Gasteiger partial charge in [-0.05, 0) is 50.0 Å². The first-order chi connectivity index (χ1) is 11.1. The zero-order valence-corrected chi connectivity index (χ0v) is 15.6. The molecule has 2 unspecified atom stereocenters. The van der Waals surface area contributed by atoms with Crippen molar-refractivity contribution in [1.29, 1.82) is 0 Å². The first-order valence-corrected chi connectivity index (χ1v) is 8.05. The lowest BCUT2D eigenvalue weighted by atomic mass is 9.90. The van der Waals surface area contributed by atoms with Gasteiger partial charge in [0.1, 0.15) is 0 Å². The van der Waals surface area contributed by atoms with Gasteiger partial charge in [-0.25, -0.2) is 0 Å². The Balaban J connectivity index is 0.00000312. The predicted octanol–water partition coefficient (Wildman–Crippen LogP) is 3.78. The van der Waals surface area contributed by atoms with Crippen molar-refractivity contribution in [2.24, 2.45) is 11.1 Å². The minimum Gasteiger partial charge on any atom is -0.330 e. The van der Waals surface area contributed by atoms with Crippen LogP contribution in [-0.4, -0.2) is 36.5 Å². The largest absolute Gasteiger partial charge is 0.417 e. The van der Waals surface area contributed by atoms with Crippen molar-refractivity contribution >= 4 is 35.6 Å². The average Bonchev–Trinajstić information content (AvgIpc) is 2.90. The Morgan fingerprint density at radius 1 is 1.48 bits per heavy atom. The van der Waals surface area contributed by atoms with Crippen molar-refractivity contribution in [2.45, 2.75) is 32.5 Å². The fraction of sp³-hybridized carbons (Fsp3) is 0.562. The summed E-state index contributed by atoms with van der Waals surface area (Å²) in [5.41, 5.74) is 4.83. The third-order valence-electron chi connectivity index (χ3n) is 4.55. The summed E-state index contributed by atoms with van der Waals surface area (Å²) in [6.45, 7) is 5.75. The molecule has 2 atom stereocenters. The number of carbonyl (C=O) groups excluding carboxylic acids is 1. The number of hydrogen-bond acceptors (Lipinski definition) is 3. The van der Waals surface area contributed by atoms with Crippen molar-refractivity contribution in [3.05, 3.63) is 28.8 Å². The van der Waals surface area contributed by atoms with E-state index in [1.807, 2.05) is 4.90 Å². The first kappa shape index (κ1) is 22.0. The van der Waals surface area contributed by atoms with Gasteiger partial charge in [-0.2, -0.15) is 13.2 Å². The van der Waals surface area contributed by atoms with Gasteiger partial charge in [0.05, 0.1) is 16.6 Å². The molecule has 0 radical (unpaired) electrons. The van der Waals surface area contributed by atoms with E-state index < -0.39 is 22.8 Å². The lowest BCUT2D eigenvalue weighted by Crippen LogP contribution is -2.42. The molecule has 4 nitrogen and oxygen atoms in total. The quantitative estimate of drug-likeness (QED) is 0.809. The highest BCUT2D eigenvalue weighted by molar-refractivity contribution is 6.31. The van der Waals surface area contributed by atoms with Gasteiger partial charge >= 0.3 is 6.18 Å². The molecule has 9 heteroatoms. The highest BCUT2D eigenvalue weighted by atomic mass is 35.5. The molecule has 1 aliphatic rings. The number of carbonyl (C=O) groups is 1. The SMILES string of the molecule is CC(C(=O)Nc1ccc(Cl)c(C(F)(F)F)c1)N1CCC(C)(CN)C1.Cl. The van der Waals surface area contributed by atoms with E-state index in [0.29, 0.717) is 13.1 Å². The fourth-order valence-corrected chi connectivity index (χ4v) is 3.02. The zero-order valence-electron chi connectivity index (χ0n) is 14.0. The number of nitrogens with two attached hydrogens (primary N) is 1. The highest BCUT2D eigenvalue weighted by Crippen LogP contribution is 2.36. The number of nitrogens with one attached hydrogen (secondary N) is 1. The molecular weight excluding hydrogens is 378 g/mol. The maximum Gasteiger partial charge on any atom is 0.417 e. The minimum atomic E-state index is -4.57. The van der Waals surface area contributed by atoms with Crippen molar-refractivity contribution < 1.29 is 18.0 Å². The lowest BCUT2D eigenvalue weighted by molar-refractivity contribution is -0.137. The second-order valence-electron chi connectivity index (χ2n) is 6.59. The van der Waals surface area contributed by atoms with Gasteiger partial charge < -0.3 is 11.1 Å². The average molecular weight is 400 g/mol. The number of hydrogen-bond donors (Lipinski definition) is 2. The van der Waals surface area contributed by atoms with Gasteiger partial charge in [-0.15, -0.1) is 12.4 Å². The summed E-state index contributed by atoms with van der Waals surface area (Å²) >= 11 is 5.58. The van der Waals surface area contributed by atoms with E-state index in [1.54, 1.807) is 6.92 Å². The molecule has 25 heavy (non-hydrogen) atoms. The van der Waals surface area contributed by atoms with Crippen molar-refractivity contribution in [3.63, 3.8) is 0 Å². The van der Waals surface area contributed by atoms with Crippen molar-refractivity contribution in [2.75, 3.05) is 25.0 Å². The summed E-state index contributed by atoms with van der Waals surface area (Å²) in [5.74, 6) is -0.355. The lowest BCUT2D eigenvalue weighted by Gasteiger charge is -2.26. The van der Waals surface area contributed by atoms with E-state index in [1.165, 1.54) is 6.07 Å². The summed E-state index contributed by atoms with van der Waals surface area (Å²) in [5, 5.41) is 2.14. The van der Waals surface area contributed by atoms with Gasteiger partial charge in [0, 0.05) is 12.2 Å². The van der Waals surface area contributed by atoms with Crippen LogP contribution in [-0.2, 0) is 11.0 Å². The van der Waals surface area contributed by atoms with E-state index in [4.69, 9.17) is 17.3 Å². The van der Waals surface area contributed by atoms with Gasteiger partial charge in [-0.1, -0.05) is 18.5 Å². The van der Waals surface area contributed by atoms with Crippen molar-refractivity contribution in [1.82, 2.24) is 4.90 Å². The smallest absolute Gasteiger partial charge is 0.330 e. The van der Waals surface area contributed by atoms with Gasteiger partial charge in [0.2, 0.25) is 5.91 Å². The Morgan fingerprint density at radius 2 is 2.12 bits per heavy atom. The summed E-state index contributed by atoms with van der Waals surface area (Å²) in [7, 11) is 0. The number of halogens is 5. The Hall–Kier alpha value is -1.02. The topological polar surface area (TPSA) is 58.4 Å². The second-order valence-corrected chi connectivity index (χ2v) is 7.00. The molecule has 1 amide bonds. The molecule has 142 valence electrons. The minimum absolute atomic E-state index is 0. The third-order valence-corrected chi connectivity index (χ3v) is 4.88. The van der Waals surface area contributed by atoms with Crippen LogP contribution < -0.4 is 11.1 Å². The number of benzene rings is 1. The highest BCUT2D eigenvalue weighted by Gasteiger charge is 2.37. The molecule has 1 aromatic carbocycles. The molecule has 2 rings (SSSR count). The first-order valence-electron chi connectivity index (χ1n) is 7.67. The number of anilines is 1. The van der Waals surface area contributed by atoms with E-state index in [0.717, 1.165) is 25.1 Å². The van der Waals surface area contributed by atoms with E-state index in [2.05, 4.69) is 12.2 Å². The Bertz CT molecular complexity index is 627. The summed E-state index contributed by atoms with van der Waals surface area (Å²) in [6, 6.07) is 2.88. The number of rotatable bonds is 4. The number of likely N-dealkylation sites (tertiary alicyclic amines) is 1. The van der Waals surface area contributed by atoms with Crippen LogP contribution in [0.4, 0.5) is 18.9 Å². The maximum absolute atomic E-state index is 12.9. The van der Waals surface area contributed by atoms with Crippen LogP contribution in [0.15, 0.2) is 18.2 Å². The van der Waals surface area contributed by atoms with Crippen LogP contribution in [0.25, 0.3) is 0 Å². The van der Waals surface area contributed by atoms with Gasteiger partial charge in [0.25, 0.3) is 0 Å². The van der Waals surface area contributed by atoms with Crippen LogP contribution in [0.5, 0.6) is 0 Å². The predicted molar refractivity (Wildman–Crippen MR) is 95.1 cm³/mol. The van der Waals surface area contributed by atoms with Crippen molar-refractivity contribution in [3.8, 4) is 0 Å². The molecule has 3 N–H and O–H groups in total. The Labute approximate surface area is 156 Å². The van der Waals surface area contributed by atoms with E-state index in [-0.39, 0.29) is 29.4 Å². The molecule has 1 aliphatic heterocycles. The van der Waals surface area contributed by atoms with Crippen LogP contribution in [0.2, 0.25) is 5.02 Å². The Kier molecular flexibility index (Phi) is 7.15. The standard InChI is InChI=1S/C16H21ClF3N3O.ClH/c1-10(23-6-5-15(2,8-21)9-23)14(24)22-11-3-4-13(17)12(7-11)16(18,19)20;/h3-4,7,10H,5-6,8-9,21H2,1-2H3,(H,22,24);1H. The molecule has 0 saturated carbocycles. The van der Waals surface area contributed by atoms with Gasteiger partial charge in [-0.3, -0.25) is 9.69 Å². The molecular formula is C16H22Cl2F3N3O. The zero-order chi connectivity index (χ0) is 18.1. The summed E-state index contributed by atoms with van der Waals surface area (Å²) in [4.78, 5) is 14.3. The van der Waals surface area contributed by atoms with Crippen LogP contribution in [0.3, 0.4) is 0 Å². The summed E-state index contributed by atoms with van der Waals surface area (Å²) < 4.78 is 38.6. The summed E-state index contributed by atoms with van der Waals surface area (Å²) in [6.07, 6.45) is -3.68. The second kappa shape index (κ2) is 8.12. The number of alkyl halides is 3.